The predicted molar refractivity (Wildman–Crippen MR) is 142 cm³/mol. The second kappa shape index (κ2) is 10.9. The van der Waals surface area contributed by atoms with Crippen LogP contribution in [0.2, 0.25) is 0 Å². The molecule has 5 rings (SSSR count). The summed E-state index contributed by atoms with van der Waals surface area (Å²) in [6.07, 6.45) is -2.88. The van der Waals surface area contributed by atoms with Crippen LogP contribution >= 0.6 is 11.3 Å². The fraction of sp³-hybridized carbons (Fsp3) is 0.250. The number of rotatable bonds is 6. The Morgan fingerprint density at radius 3 is 2.34 bits per heavy atom. The molecule has 2 N–H and O–H groups in total. The third-order valence-corrected chi connectivity index (χ3v) is 7.49. The number of halogens is 3. The van der Waals surface area contributed by atoms with E-state index in [1.807, 2.05) is 24.3 Å². The predicted octanol–water partition coefficient (Wildman–Crippen LogP) is 6.42. The number of piperidine rings is 1. The van der Waals surface area contributed by atoms with Gasteiger partial charge in [-0.25, -0.2) is 4.98 Å². The van der Waals surface area contributed by atoms with Gasteiger partial charge in [-0.15, -0.1) is 0 Å². The lowest BCUT2D eigenvalue weighted by Gasteiger charge is -2.31. The molecule has 4 aromatic rings. The number of anilines is 2. The van der Waals surface area contributed by atoms with Crippen LogP contribution in [0, 0.1) is 5.92 Å². The van der Waals surface area contributed by atoms with Gasteiger partial charge in [-0.3, -0.25) is 19.8 Å². The summed E-state index contributed by atoms with van der Waals surface area (Å²) in [6, 6.07) is 19.6. The molecule has 0 unspecified atom stereocenters. The Morgan fingerprint density at radius 1 is 0.947 bits per heavy atom. The highest BCUT2D eigenvalue weighted by molar-refractivity contribution is 7.22. The number of thiazole rings is 1. The van der Waals surface area contributed by atoms with Crippen LogP contribution in [0.1, 0.15) is 34.3 Å². The van der Waals surface area contributed by atoms with E-state index in [1.54, 1.807) is 12.1 Å². The first-order valence-corrected chi connectivity index (χ1v) is 13.0. The van der Waals surface area contributed by atoms with Gasteiger partial charge < -0.3 is 5.32 Å². The Balaban J connectivity index is 1.17. The van der Waals surface area contributed by atoms with Crippen LogP contribution in [-0.2, 0) is 17.5 Å². The molecule has 1 aliphatic heterocycles. The van der Waals surface area contributed by atoms with E-state index in [0.29, 0.717) is 16.3 Å². The minimum Gasteiger partial charge on any atom is -0.326 e. The number of fused-ring (bicyclic) bond motifs is 1. The first-order chi connectivity index (χ1) is 18.2. The number of likely N-dealkylation sites (tertiary alicyclic amines) is 1. The van der Waals surface area contributed by atoms with Crippen molar-refractivity contribution in [3.63, 3.8) is 0 Å². The van der Waals surface area contributed by atoms with Crippen LogP contribution < -0.4 is 10.6 Å². The number of carbonyl (C=O) groups excluding carboxylic acids is 2. The molecular weight excluding hydrogens is 513 g/mol. The van der Waals surface area contributed by atoms with Gasteiger partial charge in [-0.2, -0.15) is 13.2 Å². The number of carbonyl (C=O) groups is 2. The molecule has 0 saturated carbocycles. The SMILES string of the molecule is O=C(Nc1nc2ccc(NC(=O)C3CCN(Cc4ccccc4)CC3)cc2s1)c1ccc(C(F)(F)F)cc1. The molecule has 0 atom stereocenters. The van der Waals surface area contributed by atoms with Gasteiger partial charge in [-0.05, 0) is 74.0 Å². The normalized spacial score (nSPS) is 14.9. The molecule has 0 aliphatic carbocycles. The number of nitrogens with one attached hydrogen (secondary N) is 2. The molecule has 6 nitrogen and oxygen atoms in total. The number of aromatic nitrogens is 1. The van der Waals surface area contributed by atoms with E-state index in [0.717, 1.165) is 61.4 Å². The maximum Gasteiger partial charge on any atom is 0.416 e. The fourth-order valence-electron chi connectivity index (χ4n) is 4.47. The topological polar surface area (TPSA) is 74.3 Å². The van der Waals surface area contributed by atoms with Crippen LogP contribution in [0.5, 0.6) is 0 Å². The average molecular weight is 539 g/mol. The zero-order valence-corrected chi connectivity index (χ0v) is 21.1. The summed E-state index contributed by atoms with van der Waals surface area (Å²) >= 11 is 1.22. The summed E-state index contributed by atoms with van der Waals surface area (Å²) in [6.45, 7) is 2.61. The number of hydrogen-bond donors (Lipinski definition) is 2. The van der Waals surface area contributed by atoms with Gasteiger partial charge in [0.2, 0.25) is 5.91 Å². The van der Waals surface area contributed by atoms with Crippen molar-refractivity contribution in [2.75, 3.05) is 23.7 Å². The lowest BCUT2D eigenvalue weighted by molar-refractivity contribution is -0.137. The minimum absolute atomic E-state index is 0.0101. The molecule has 2 heterocycles. The number of alkyl halides is 3. The summed E-state index contributed by atoms with van der Waals surface area (Å²) in [7, 11) is 0. The van der Waals surface area contributed by atoms with Crippen molar-refractivity contribution in [3.05, 3.63) is 89.5 Å². The second-order valence-electron chi connectivity index (χ2n) is 9.26. The van der Waals surface area contributed by atoms with Crippen molar-refractivity contribution < 1.29 is 22.8 Å². The summed E-state index contributed by atoms with van der Waals surface area (Å²) < 4.78 is 39.0. The van der Waals surface area contributed by atoms with E-state index in [2.05, 4.69) is 32.7 Å². The van der Waals surface area contributed by atoms with Crippen molar-refractivity contribution in [1.29, 1.82) is 0 Å². The first-order valence-electron chi connectivity index (χ1n) is 12.2. The van der Waals surface area contributed by atoms with Crippen molar-refractivity contribution in [3.8, 4) is 0 Å². The van der Waals surface area contributed by atoms with E-state index in [9.17, 15) is 22.8 Å². The summed E-state index contributed by atoms with van der Waals surface area (Å²) in [4.78, 5) is 32.1. The highest BCUT2D eigenvalue weighted by Crippen LogP contribution is 2.31. The molecular formula is C28H25F3N4O2S. The average Bonchev–Trinajstić information content (AvgIpc) is 3.30. The van der Waals surface area contributed by atoms with Crippen LogP contribution in [0.15, 0.2) is 72.8 Å². The molecule has 3 aromatic carbocycles. The lowest BCUT2D eigenvalue weighted by atomic mass is 9.95. The van der Waals surface area contributed by atoms with Crippen molar-refractivity contribution in [2.45, 2.75) is 25.6 Å². The Bertz CT molecular complexity index is 1430. The third-order valence-electron chi connectivity index (χ3n) is 6.56. The third kappa shape index (κ3) is 6.20. The van der Waals surface area contributed by atoms with E-state index in [-0.39, 0.29) is 17.4 Å². The van der Waals surface area contributed by atoms with E-state index < -0.39 is 17.6 Å². The van der Waals surface area contributed by atoms with Crippen molar-refractivity contribution in [2.24, 2.45) is 5.92 Å². The molecule has 0 bridgehead atoms. The molecule has 1 saturated heterocycles. The highest BCUT2D eigenvalue weighted by Gasteiger charge is 2.30. The highest BCUT2D eigenvalue weighted by atomic mass is 32.1. The number of nitrogens with zero attached hydrogens (tertiary/aromatic N) is 2. The van der Waals surface area contributed by atoms with Crippen molar-refractivity contribution in [1.82, 2.24) is 9.88 Å². The van der Waals surface area contributed by atoms with Gasteiger partial charge in [0.1, 0.15) is 0 Å². The maximum atomic E-state index is 12.9. The molecule has 0 radical (unpaired) electrons. The summed E-state index contributed by atoms with van der Waals surface area (Å²) in [5, 5.41) is 5.96. The molecule has 1 fully saturated rings. The van der Waals surface area contributed by atoms with Crippen LogP contribution in [0.3, 0.4) is 0 Å². The maximum absolute atomic E-state index is 12.9. The number of amides is 2. The molecule has 10 heteroatoms. The molecule has 0 spiro atoms. The zero-order chi connectivity index (χ0) is 26.7. The minimum atomic E-state index is -4.46. The zero-order valence-electron chi connectivity index (χ0n) is 20.3. The fourth-order valence-corrected chi connectivity index (χ4v) is 5.38. The Kier molecular flexibility index (Phi) is 7.44. The standard InChI is InChI=1S/C28H25F3N4O2S/c29-28(30,31)21-8-6-19(7-9-21)26(37)34-27-33-23-11-10-22(16-24(23)38-27)32-25(36)20-12-14-35(15-13-20)17-18-4-2-1-3-5-18/h1-11,16,20H,12-15,17H2,(H,32,36)(H,33,34,37). The van der Waals surface area contributed by atoms with Gasteiger partial charge in [0.05, 0.1) is 15.8 Å². The second-order valence-corrected chi connectivity index (χ2v) is 10.3. The van der Waals surface area contributed by atoms with Gasteiger partial charge in [-0.1, -0.05) is 41.7 Å². The molecule has 38 heavy (non-hydrogen) atoms. The number of hydrogen-bond acceptors (Lipinski definition) is 5. The Morgan fingerprint density at radius 2 is 1.66 bits per heavy atom. The lowest BCUT2D eigenvalue weighted by Crippen LogP contribution is -2.37. The molecule has 196 valence electrons. The van der Waals surface area contributed by atoms with Gasteiger partial charge in [0.25, 0.3) is 5.91 Å². The van der Waals surface area contributed by atoms with E-state index in [4.69, 9.17) is 0 Å². The van der Waals surface area contributed by atoms with Gasteiger partial charge >= 0.3 is 6.18 Å². The van der Waals surface area contributed by atoms with Crippen LogP contribution in [-0.4, -0.2) is 34.8 Å². The molecule has 1 aliphatic rings. The molecule has 1 aromatic heterocycles. The van der Waals surface area contributed by atoms with Crippen LogP contribution in [0.25, 0.3) is 10.2 Å². The first kappa shape index (κ1) is 25.9. The van der Waals surface area contributed by atoms with E-state index in [1.165, 1.54) is 16.9 Å². The monoisotopic (exact) mass is 538 g/mol. The smallest absolute Gasteiger partial charge is 0.326 e. The molecule has 2 amide bonds. The quantitative estimate of drug-likeness (QED) is 0.297. The Labute approximate surface area is 221 Å². The van der Waals surface area contributed by atoms with E-state index >= 15 is 0 Å². The summed E-state index contributed by atoms with van der Waals surface area (Å²) in [5.41, 5.74) is 1.84. The Hall–Kier alpha value is -3.76. The van der Waals surface area contributed by atoms with Gasteiger partial charge in [0, 0.05) is 23.7 Å². The summed E-state index contributed by atoms with van der Waals surface area (Å²) in [5.74, 6) is -0.619. The van der Waals surface area contributed by atoms with Crippen LogP contribution in [0.4, 0.5) is 24.0 Å². The van der Waals surface area contributed by atoms with Gasteiger partial charge in [0.15, 0.2) is 5.13 Å². The largest absolute Gasteiger partial charge is 0.416 e. The van der Waals surface area contributed by atoms with Crippen molar-refractivity contribution >= 4 is 44.2 Å². The number of benzene rings is 3.